The van der Waals surface area contributed by atoms with Crippen molar-refractivity contribution >= 4 is 18.4 Å². The van der Waals surface area contributed by atoms with Crippen molar-refractivity contribution in [3.63, 3.8) is 0 Å². The Morgan fingerprint density at radius 3 is 2.48 bits per heavy atom. The van der Waals surface area contributed by atoms with Crippen molar-refractivity contribution in [1.29, 1.82) is 0 Å². The molecule has 0 aromatic rings. The maximum atomic E-state index is 11.6. The number of hydrogen-bond acceptors (Lipinski definition) is 5. The molecule has 3 amide bonds. The van der Waals surface area contributed by atoms with Gasteiger partial charge in [-0.2, -0.15) is 0 Å². The monoisotopic (exact) mass is 304 g/mol. The third-order valence-electron chi connectivity index (χ3n) is 2.75. The van der Waals surface area contributed by atoms with Gasteiger partial charge in [0.25, 0.3) is 6.47 Å². The van der Waals surface area contributed by atoms with Crippen molar-refractivity contribution in [2.24, 2.45) is 0 Å². The molecule has 0 bridgehead atoms. The van der Waals surface area contributed by atoms with Gasteiger partial charge in [0.05, 0.1) is 6.10 Å². The fourth-order valence-corrected chi connectivity index (χ4v) is 1.80. The number of nitrogens with zero attached hydrogens (tertiary/aromatic N) is 3. The number of carbonyl (C=O) groups is 3. The number of amides is 3. The van der Waals surface area contributed by atoms with E-state index in [4.69, 9.17) is 9.90 Å². The lowest BCUT2D eigenvalue weighted by Gasteiger charge is -2.18. The zero-order valence-corrected chi connectivity index (χ0v) is 12.7. The van der Waals surface area contributed by atoms with Gasteiger partial charge in [0.2, 0.25) is 5.91 Å². The molecule has 3 N–H and O–H groups in total. The molecule has 9 heteroatoms. The summed E-state index contributed by atoms with van der Waals surface area (Å²) in [5.41, 5.74) is 0. The maximum Gasteiger partial charge on any atom is 0.320 e. The van der Waals surface area contributed by atoms with E-state index in [0.717, 1.165) is 0 Å². The quantitative estimate of drug-likeness (QED) is 0.494. The van der Waals surface area contributed by atoms with Crippen molar-refractivity contribution in [2.45, 2.75) is 6.10 Å². The van der Waals surface area contributed by atoms with Crippen LogP contribution in [0.4, 0.5) is 4.79 Å². The van der Waals surface area contributed by atoms with Crippen LogP contribution in [0, 0.1) is 0 Å². The van der Waals surface area contributed by atoms with E-state index >= 15 is 0 Å². The summed E-state index contributed by atoms with van der Waals surface area (Å²) in [7, 11) is 5.41. The number of aliphatic hydroxyl groups excluding tert-OH is 1. The number of urea groups is 1. The predicted octanol–water partition coefficient (Wildman–Crippen LogP) is -1.91. The van der Waals surface area contributed by atoms with Crippen LogP contribution in [0.3, 0.4) is 0 Å². The normalized spacial score (nSPS) is 15.6. The Labute approximate surface area is 124 Å². The maximum absolute atomic E-state index is 11.6. The van der Waals surface area contributed by atoms with Gasteiger partial charge in [-0.1, -0.05) is 0 Å². The molecule has 0 aromatic heterocycles. The molecule has 1 aliphatic rings. The zero-order chi connectivity index (χ0) is 16.4. The molecular formula is C12H24N4O5. The summed E-state index contributed by atoms with van der Waals surface area (Å²) in [6.07, 6.45) is -0.596. The molecule has 0 aliphatic carbocycles. The molecule has 1 atom stereocenters. The highest BCUT2D eigenvalue weighted by Crippen LogP contribution is 2.04. The van der Waals surface area contributed by atoms with Gasteiger partial charge >= 0.3 is 6.03 Å². The van der Waals surface area contributed by atoms with Crippen molar-refractivity contribution in [3.05, 3.63) is 0 Å². The molecule has 1 fully saturated rings. The first-order valence-electron chi connectivity index (χ1n) is 6.49. The summed E-state index contributed by atoms with van der Waals surface area (Å²) in [5.74, 6) is -0.239. The molecule has 21 heavy (non-hydrogen) atoms. The lowest BCUT2D eigenvalue weighted by Crippen LogP contribution is -2.43. The minimum absolute atomic E-state index is 0.0534. The van der Waals surface area contributed by atoms with Gasteiger partial charge in [-0.3, -0.25) is 9.59 Å². The number of carbonyl (C=O) groups excluding carboxylic acids is 2. The molecule has 1 unspecified atom stereocenters. The molecule has 122 valence electrons. The standard InChI is InChI=1S/C11H22N4O3.CH2O2/c1-13(2)7-9(16)6-12-10(17)8-15-5-4-14(3)11(15)18;2-1-3/h9,16H,4-8H2,1-3H3,(H,12,17);1H,(H,2,3). The van der Waals surface area contributed by atoms with Crippen LogP contribution in [0.5, 0.6) is 0 Å². The average Bonchev–Trinajstić information content (AvgIpc) is 2.69. The van der Waals surface area contributed by atoms with Gasteiger partial charge in [-0.05, 0) is 14.1 Å². The molecule has 9 nitrogen and oxygen atoms in total. The van der Waals surface area contributed by atoms with Crippen LogP contribution in [-0.4, -0.2) is 103 Å². The van der Waals surface area contributed by atoms with E-state index in [0.29, 0.717) is 19.6 Å². The summed E-state index contributed by atoms with van der Waals surface area (Å²) in [5, 5.41) is 19.1. The van der Waals surface area contributed by atoms with Gasteiger partial charge in [0.15, 0.2) is 0 Å². The van der Waals surface area contributed by atoms with E-state index in [1.807, 2.05) is 19.0 Å². The van der Waals surface area contributed by atoms with Crippen molar-refractivity contribution in [1.82, 2.24) is 20.0 Å². The number of likely N-dealkylation sites (N-methyl/N-ethyl adjacent to an activating group) is 2. The van der Waals surface area contributed by atoms with Crippen LogP contribution in [0.1, 0.15) is 0 Å². The Bertz CT molecular complexity index is 351. The number of aliphatic hydroxyl groups is 1. The molecule has 1 aliphatic heterocycles. The number of hydrogen-bond donors (Lipinski definition) is 3. The predicted molar refractivity (Wildman–Crippen MR) is 75.9 cm³/mol. The molecule has 0 aromatic carbocycles. The second-order valence-electron chi connectivity index (χ2n) is 4.95. The molecule has 1 rings (SSSR count). The highest BCUT2D eigenvalue weighted by atomic mass is 16.3. The minimum atomic E-state index is -0.596. The van der Waals surface area contributed by atoms with E-state index in [1.165, 1.54) is 4.90 Å². The Balaban J connectivity index is 0.00000122. The Kier molecular flexibility index (Phi) is 9.06. The molecule has 1 heterocycles. The van der Waals surface area contributed by atoms with E-state index in [9.17, 15) is 14.7 Å². The van der Waals surface area contributed by atoms with Gasteiger partial charge in [-0.25, -0.2) is 4.79 Å². The lowest BCUT2D eigenvalue weighted by molar-refractivity contribution is -0.123. The first-order chi connectivity index (χ1) is 9.81. The van der Waals surface area contributed by atoms with Gasteiger partial charge < -0.3 is 30.2 Å². The first-order valence-corrected chi connectivity index (χ1v) is 6.49. The van der Waals surface area contributed by atoms with Crippen LogP contribution in [0.25, 0.3) is 0 Å². The van der Waals surface area contributed by atoms with E-state index in [2.05, 4.69) is 5.32 Å². The number of carboxylic acid groups (broad SMARTS) is 1. The Morgan fingerprint density at radius 2 is 2.05 bits per heavy atom. The SMILES string of the molecule is CN(C)CC(O)CNC(=O)CN1CCN(C)C1=O.O=CO. The second-order valence-corrected chi connectivity index (χ2v) is 4.95. The second kappa shape index (κ2) is 9.94. The summed E-state index contributed by atoms with van der Waals surface area (Å²) in [6, 6.07) is -0.126. The summed E-state index contributed by atoms with van der Waals surface area (Å²) >= 11 is 0. The van der Waals surface area contributed by atoms with E-state index < -0.39 is 6.10 Å². The Morgan fingerprint density at radius 1 is 1.48 bits per heavy atom. The van der Waals surface area contributed by atoms with Crippen molar-refractivity contribution in [3.8, 4) is 0 Å². The van der Waals surface area contributed by atoms with Crippen molar-refractivity contribution < 1.29 is 24.6 Å². The minimum Gasteiger partial charge on any atom is -0.483 e. The molecule has 0 saturated carbocycles. The zero-order valence-electron chi connectivity index (χ0n) is 12.7. The van der Waals surface area contributed by atoms with Crippen LogP contribution < -0.4 is 5.32 Å². The molecule has 0 radical (unpaired) electrons. The summed E-state index contributed by atoms with van der Waals surface area (Å²) in [4.78, 5) is 36.4. The highest BCUT2D eigenvalue weighted by Gasteiger charge is 2.26. The topological polar surface area (TPSA) is 113 Å². The lowest BCUT2D eigenvalue weighted by atomic mass is 10.3. The molecular weight excluding hydrogens is 280 g/mol. The molecule has 0 spiro atoms. The highest BCUT2D eigenvalue weighted by molar-refractivity contribution is 5.84. The first kappa shape index (κ1) is 19.1. The fourth-order valence-electron chi connectivity index (χ4n) is 1.80. The van der Waals surface area contributed by atoms with Crippen LogP contribution in [-0.2, 0) is 9.59 Å². The van der Waals surface area contributed by atoms with E-state index in [1.54, 1.807) is 11.9 Å². The van der Waals surface area contributed by atoms with E-state index in [-0.39, 0.29) is 31.5 Å². The van der Waals surface area contributed by atoms with Crippen molar-refractivity contribution in [2.75, 3.05) is 53.9 Å². The average molecular weight is 304 g/mol. The van der Waals surface area contributed by atoms with Crippen LogP contribution in [0.15, 0.2) is 0 Å². The third-order valence-corrected chi connectivity index (χ3v) is 2.75. The van der Waals surface area contributed by atoms with Gasteiger partial charge in [0.1, 0.15) is 6.54 Å². The van der Waals surface area contributed by atoms with Gasteiger partial charge in [-0.15, -0.1) is 0 Å². The van der Waals surface area contributed by atoms with Crippen LogP contribution >= 0.6 is 0 Å². The third kappa shape index (κ3) is 8.10. The fraction of sp³-hybridized carbons (Fsp3) is 0.750. The van der Waals surface area contributed by atoms with Crippen LogP contribution in [0.2, 0.25) is 0 Å². The molecule has 1 saturated heterocycles. The number of rotatable bonds is 6. The summed E-state index contributed by atoms with van der Waals surface area (Å²) < 4.78 is 0. The summed E-state index contributed by atoms with van der Waals surface area (Å²) in [6.45, 7) is 1.72. The smallest absolute Gasteiger partial charge is 0.320 e. The van der Waals surface area contributed by atoms with Gasteiger partial charge in [0, 0.05) is 33.2 Å². The largest absolute Gasteiger partial charge is 0.483 e. The Hall–Kier alpha value is -1.87. The number of nitrogens with one attached hydrogen (secondary N) is 1.